The summed E-state index contributed by atoms with van der Waals surface area (Å²) in [5.74, 6) is -0.734. The van der Waals surface area contributed by atoms with Crippen LogP contribution >= 0.6 is 11.8 Å². The number of halogens is 2. The number of nitrogens with zero attached hydrogens (tertiary/aromatic N) is 1. The average Bonchev–Trinajstić information content (AvgIpc) is 2.33. The molecule has 1 aromatic rings. The molecule has 0 aromatic heterocycles. The van der Waals surface area contributed by atoms with Crippen LogP contribution in [0.15, 0.2) is 23.1 Å². The standard InChI is InChI=1S/C10H11F2NO2S2/c11-9-2-1-8(7-10(9)12)17(14,15)13-3-5-16-6-4-13/h1-2,7H,3-6H2. The monoisotopic (exact) mass is 279 g/mol. The van der Waals surface area contributed by atoms with Crippen molar-refractivity contribution >= 4 is 21.8 Å². The molecule has 0 bridgehead atoms. The van der Waals surface area contributed by atoms with Gasteiger partial charge in [0, 0.05) is 24.6 Å². The fraction of sp³-hybridized carbons (Fsp3) is 0.400. The highest BCUT2D eigenvalue weighted by molar-refractivity contribution is 7.99. The van der Waals surface area contributed by atoms with E-state index in [9.17, 15) is 17.2 Å². The third kappa shape index (κ3) is 2.61. The summed E-state index contributed by atoms with van der Waals surface area (Å²) in [7, 11) is -3.69. The van der Waals surface area contributed by atoms with Crippen molar-refractivity contribution in [1.82, 2.24) is 4.31 Å². The molecule has 0 N–H and O–H groups in total. The van der Waals surface area contributed by atoms with Crippen molar-refractivity contribution in [2.45, 2.75) is 4.90 Å². The van der Waals surface area contributed by atoms with Gasteiger partial charge in [-0.3, -0.25) is 0 Å². The van der Waals surface area contributed by atoms with Crippen LogP contribution in [-0.2, 0) is 10.0 Å². The molecule has 1 heterocycles. The Kier molecular flexibility index (Phi) is 3.70. The van der Waals surface area contributed by atoms with Crippen molar-refractivity contribution < 1.29 is 17.2 Å². The Morgan fingerprint density at radius 3 is 2.35 bits per heavy atom. The molecule has 0 saturated carbocycles. The maximum absolute atomic E-state index is 13.0. The molecule has 1 aliphatic rings. The first-order valence-corrected chi connectivity index (χ1v) is 7.64. The van der Waals surface area contributed by atoms with Crippen LogP contribution in [-0.4, -0.2) is 37.3 Å². The second-order valence-corrected chi connectivity index (χ2v) is 6.76. The highest BCUT2D eigenvalue weighted by atomic mass is 32.2. The summed E-state index contributed by atoms with van der Waals surface area (Å²) < 4.78 is 51.2. The summed E-state index contributed by atoms with van der Waals surface area (Å²) in [6.07, 6.45) is 0. The van der Waals surface area contributed by atoms with Gasteiger partial charge < -0.3 is 0 Å². The minimum absolute atomic E-state index is 0.191. The lowest BCUT2D eigenvalue weighted by Gasteiger charge is -2.25. The van der Waals surface area contributed by atoms with E-state index in [4.69, 9.17) is 0 Å². The maximum Gasteiger partial charge on any atom is 0.243 e. The number of rotatable bonds is 2. The average molecular weight is 279 g/mol. The van der Waals surface area contributed by atoms with Crippen molar-refractivity contribution in [2.75, 3.05) is 24.6 Å². The highest BCUT2D eigenvalue weighted by Gasteiger charge is 2.26. The van der Waals surface area contributed by atoms with Gasteiger partial charge in [-0.25, -0.2) is 17.2 Å². The van der Waals surface area contributed by atoms with E-state index in [0.717, 1.165) is 29.7 Å². The first kappa shape index (κ1) is 12.8. The summed E-state index contributed by atoms with van der Waals surface area (Å²) in [6.45, 7) is 0.817. The molecule has 1 fully saturated rings. The van der Waals surface area contributed by atoms with Crippen LogP contribution in [0.2, 0.25) is 0 Å². The molecule has 0 spiro atoms. The Bertz CT molecular complexity index is 513. The molecule has 2 rings (SSSR count). The first-order valence-electron chi connectivity index (χ1n) is 5.05. The third-order valence-electron chi connectivity index (χ3n) is 2.50. The van der Waals surface area contributed by atoms with E-state index in [1.54, 1.807) is 11.8 Å². The zero-order valence-corrected chi connectivity index (χ0v) is 10.5. The Hall–Kier alpha value is -0.660. The summed E-state index contributed by atoms with van der Waals surface area (Å²) in [5, 5.41) is 0. The van der Waals surface area contributed by atoms with Crippen molar-refractivity contribution in [3.63, 3.8) is 0 Å². The summed E-state index contributed by atoms with van der Waals surface area (Å²) in [6, 6.07) is 2.66. The van der Waals surface area contributed by atoms with Crippen molar-refractivity contribution in [3.05, 3.63) is 29.8 Å². The predicted octanol–water partition coefficient (Wildman–Crippen LogP) is 1.70. The smallest absolute Gasteiger partial charge is 0.207 e. The van der Waals surface area contributed by atoms with Gasteiger partial charge in [-0.1, -0.05) is 0 Å². The number of thioether (sulfide) groups is 1. The fourth-order valence-corrected chi connectivity index (χ4v) is 4.16. The maximum atomic E-state index is 13.0. The van der Waals surface area contributed by atoms with Gasteiger partial charge in [0.05, 0.1) is 4.90 Å². The Labute approximate surface area is 103 Å². The SMILES string of the molecule is O=S(=O)(c1ccc(F)c(F)c1)N1CCSCC1. The van der Waals surface area contributed by atoms with Crippen LogP contribution < -0.4 is 0 Å². The van der Waals surface area contributed by atoms with Crippen LogP contribution in [0.1, 0.15) is 0 Å². The zero-order valence-electron chi connectivity index (χ0n) is 8.90. The van der Waals surface area contributed by atoms with E-state index in [0.29, 0.717) is 13.1 Å². The fourth-order valence-electron chi connectivity index (χ4n) is 1.57. The normalized spacial score (nSPS) is 18.2. The molecular weight excluding hydrogens is 268 g/mol. The first-order chi connectivity index (χ1) is 8.01. The van der Waals surface area contributed by atoms with Gasteiger partial charge in [0.2, 0.25) is 10.0 Å². The van der Waals surface area contributed by atoms with Crippen LogP contribution in [0.5, 0.6) is 0 Å². The van der Waals surface area contributed by atoms with Gasteiger partial charge in [-0.05, 0) is 18.2 Å². The number of sulfonamides is 1. The van der Waals surface area contributed by atoms with Crippen LogP contribution in [0, 0.1) is 11.6 Å². The quantitative estimate of drug-likeness (QED) is 0.827. The largest absolute Gasteiger partial charge is 0.243 e. The van der Waals surface area contributed by atoms with Gasteiger partial charge >= 0.3 is 0 Å². The molecule has 1 aromatic carbocycles. The molecule has 0 radical (unpaired) electrons. The number of hydrogen-bond acceptors (Lipinski definition) is 3. The van der Waals surface area contributed by atoms with E-state index in [2.05, 4.69) is 0 Å². The van der Waals surface area contributed by atoms with Crippen molar-refractivity contribution in [3.8, 4) is 0 Å². The summed E-state index contributed by atoms with van der Waals surface area (Å²) in [4.78, 5) is -0.191. The molecule has 0 atom stereocenters. The lowest BCUT2D eigenvalue weighted by Crippen LogP contribution is -2.37. The van der Waals surface area contributed by atoms with Gasteiger partial charge in [-0.2, -0.15) is 16.1 Å². The Morgan fingerprint density at radius 1 is 1.12 bits per heavy atom. The van der Waals surface area contributed by atoms with Gasteiger partial charge in [0.25, 0.3) is 0 Å². The van der Waals surface area contributed by atoms with Crippen LogP contribution in [0.25, 0.3) is 0 Å². The second-order valence-electron chi connectivity index (χ2n) is 3.59. The molecule has 0 unspecified atom stereocenters. The van der Waals surface area contributed by atoms with E-state index < -0.39 is 21.7 Å². The van der Waals surface area contributed by atoms with Crippen molar-refractivity contribution in [1.29, 1.82) is 0 Å². The van der Waals surface area contributed by atoms with E-state index in [1.165, 1.54) is 4.31 Å². The second kappa shape index (κ2) is 4.91. The van der Waals surface area contributed by atoms with Gasteiger partial charge in [0.15, 0.2) is 11.6 Å². The Morgan fingerprint density at radius 2 is 1.76 bits per heavy atom. The molecule has 0 amide bonds. The molecular formula is C10H11F2NO2S2. The Balaban J connectivity index is 2.33. The summed E-state index contributed by atoms with van der Waals surface area (Å²) >= 11 is 1.68. The zero-order chi connectivity index (χ0) is 12.5. The van der Waals surface area contributed by atoms with Crippen molar-refractivity contribution in [2.24, 2.45) is 0 Å². The van der Waals surface area contributed by atoms with E-state index in [-0.39, 0.29) is 4.90 Å². The molecule has 1 saturated heterocycles. The highest BCUT2D eigenvalue weighted by Crippen LogP contribution is 2.21. The van der Waals surface area contributed by atoms with Gasteiger partial charge in [0.1, 0.15) is 0 Å². The third-order valence-corrected chi connectivity index (χ3v) is 5.34. The number of hydrogen-bond donors (Lipinski definition) is 0. The molecule has 1 aliphatic heterocycles. The van der Waals surface area contributed by atoms with E-state index in [1.807, 2.05) is 0 Å². The minimum atomic E-state index is -3.69. The molecule has 7 heteroatoms. The lowest BCUT2D eigenvalue weighted by molar-refractivity contribution is 0.441. The molecule has 3 nitrogen and oxygen atoms in total. The molecule has 0 aliphatic carbocycles. The minimum Gasteiger partial charge on any atom is -0.207 e. The topological polar surface area (TPSA) is 37.4 Å². The van der Waals surface area contributed by atoms with Crippen LogP contribution in [0.4, 0.5) is 8.78 Å². The molecule has 17 heavy (non-hydrogen) atoms. The lowest BCUT2D eigenvalue weighted by atomic mass is 10.3. The van der Waals surface area contributed by atoms with Crippen LogP contribution in [0.3, 0.4) is 0 Å². The predicted molar refractivity (Wildman–Crippen MR) is 62.4 cm³/mol. The molecule has 94 valence electrons. The summed E-state index contributed by atoms with van der Waals surface area (Å²) in [5.41, 5.74) is 0. The van der Waals surface area contributed by atoms with Gasteiger partial charge in [-0.15, -0.1) is 0 Å². The van der Waals surface area contributed by atoms with E-state index >= 15 is 0 Å². The number of benzene rings is 1.